The van der Waals surface area contributed by atoms with Crippen molar-refractivity contribution in [3.8, 4) is 11.5 Å². The molecule has 84 valence electrons. The molecule has 0 saturated heterocycles. The van der Waals surface area contributed by atoms with Gasteiger partial charge >= 0.3 is 5.97 Å². The fourth-order valence-electron chi connectivity index (χ4n) is 1.65. The van der Waals surface area contributed by atoms with E-state index in [0.717, 1.165) is 5.56 Å². The molecule has 1 N–H and O–H groups in total. The lowest BCUT2D eigenvalue weighted by Crippen LogP contribution is -2.14. The van der Waals surface area contributed by atoms with Gasteiger partial charge in [0, 0.05) is 5.56 Å². The second kappa shape index (κ2) is 3.52. The molecule has 2 rings (SSSR count). The van der Waals surface area contributed by atoms with Gasteiger partial charge in [-0.05, 0) is 31.0 Å². The number of Topliss-reactive ketones (excluding diaryl/α,β-unsaturated/α-hetero) is 1. The molecule has 0 bridgehead atoms. The van der Waals surface area contributed by atoms with Gasteiger partial charge in [0.1, 0.15) is 0 Å². The Morgan fingerprint density at radius 2 is 1.94 bits per heavy atom. The maximum atomic E-state index is 11.4. The predicted octanol–water partition coefficient (Wildman–Crippen LogP) is 1.30. The molecule has 1 aromatic rings. The number of carbonyl (C=O) groups excluding carboxylic acids is 1. The van der Waals surface area contributed by atoms with E-state index in [1.165, 1.54) is 6.07 Å². The first kappa shape index (κ1) is 10.5. The molecule has 0 radical (unpaired) electrons. The molecule has 0 fully saturated rings. The molecular formula is C11H10O5. The number of hydrogen-bond acceptors (Lipinski definition) is 4. The number of aliphatic carboxylic acids is 1. The van der Waals surface area contributed by atoms with Crippen molar-refractivity contribution in [1.29, 1.82) is 0 Å². The molecule has 5 nitrogen and oxygen atoms in total. The number of hydrogen-bond donors (Lipinski definition) is 1. The first-order valence-corrected chi connectivity index (χ1v) is 4.69. The summed E-state index contributed by atoms with van der Waals surface area (Å²) >= 11 is 0. The summed E-state index contributed by atoms with van der Waals surface area (Å²) in [5.74, 6) is -1.40. The first-order chi connectivity index (χ1) is 7.52. The van der Waals surface area contributed by atoms with Gasteiger partial charge in [0.05, 0.1) is 0 Å². The highest BCUT2D eigenvalue weighted by molar-refractivity contribution is 6.40. The molecule has 0 amide bonds. The Hall–Kier alpha value is -2.04. The van der Waals surface area contributed by atoms with Gasteiger partial charge in [0.25, 0.3) is 5.78 Å². The summed E-state index contributed by atoms with van der Waals surface area (Å²) in [6, 6.07) is 1.42. The average Bonchev–Trinajstić information content (AvgIpc) is 2.70. The lowest BCUT2D eigenvalue weighted by molar-refractivity contribution is -0.131. The summed E-state index contributed by atoms with van der Waals surface area (Å²) in [4.78, 5) is 22.1. The normalized spacial score (nSPS) is 12.6. The van der Waals surface area contributed by atoms with E-state index < -0.39 is 11.8 Å². The molecule has 0 saturated carbocycles. The largest absolute Gasteiger partial charge is 0.475 e. The number of carboxylic acids is 1. The Morgan fingerprint density at radius 3 is 2.56 bits per heavy atom. The van der Waals surface area contributed by atoms with Crippen LogP contribution in [0.25, 0.3) is 0 Å². The third-order valence-electron chi connectivity index (χ3n) is 2.66. The maximum absolute atomic E-state index is 11.4. The molecule has 0 aliphatic carbocycles. The Bertz CT molecular complexity index is 490. The number of carbonyl (C=O) groups is 2. The Kier molecular flexibility index (Phi) is 2.30. The molecule has 16 heavy (non-hydrogen) atoms. The number of fused-ring (bicyclic) bond motifs is 1. The molecule has 0 atom stereocenters. The smallest absolute Gasteiger partial charge is 0.377 e. The van der Waals surface area contributed by atoms with Gasteiger partial charge in [0.15, 0.2) is 11.5 Å². The van der Waals surface area contributed by atoms with Crippen LogP contribution in [0.2, 0.25) is 0 Å². The zero-order valence-corrected chi connectivity index (χ0v) is 8.86. The van der Waals surface area contributed by atoms with Gasteiger partial charge in [-0.3, -0.25) is 4.79 Å². The van der Waals surface area contributed by atoms with Crippen LogP contribution in [0.4, 0.5) is 0 Å². The summed E-state index contributed by atoms with van der Waals surface area (Å²) in [7, 11) is 0. The minimum atomic E-state index is -1.47. The quantitative estimate of drug-likeness (QED) is 0.603. The van der Waals surface area contributed by atoms with Crippen molar-refractivity contribution >= 4 is 11.8 Å². The van der Waals surface area contributed by atoms with Crippen molar-refractivity contribution in [2.75, 3.05) is 6.79 Å². The number of carboxylic acid groups (broad SMARTS) is 1. The van der Waals surface area contributed by atoms with Crippen LogP contribution >= 0.6 is 0 Å². The number of ketones is 1. The summed E-state index contributed by atoms with van der Waals surface area (Å²) in [6.07, 6.45) is 0. The van der Waals surface area contributed by atoms with Gasteiger partial charge in [-0.1, -0.05) is 0 Å². The highest BCUT2D eigenvalue weighted by Gasteiger charge is 2.25. The van der Waals surface area contributed by atoms with E-state index in [4.69, 9.17) is 14.6 Å². The van der Waals surface area contributed by atoms with Crippen molar-refractivity contribution in [2.45, 2.75) is 13.8 Å². The van der Waals surface area contributed by atoms with E-state index in [0.29, 0.717) is 17.1 Å². The minimum Gasteiger partial charge on any atom is -0.475 e. The third-order valence-corrected chi connectivity index (χ3v) is 2.66. The molecule has 1 aliphatic rings. The molecule has 0 unspecified atom stereocenters. The van der Waals surface area contributed by atoms with Crippen LogP contribution in [0.3, 0.4) is 0 Å². The van der Waals surface area contributed by atoms with Crippen LogP contribution in [-0.4, -0.2) is 23.7 Å². The summed E-state index contributed by atoms with van der Waals surface area (Å²) in [5, 5.41) is 8.68. The van der Waals surface area contributed by atoms with Gasteiger partial charge in [0.2, 0.25) is 6.79 Å². The minimum absolute atomic E-state index is 0.0975. The van der Waals surface area contributed by atoms with Crippen LogP contribution in [0.5, 0.6) is 11.5 Å². The molecular weight excluding hydrogens is 212 g/mol. The van der Waals surface area contributed by atoms with E-state index in [9.17, 15) is 9.59 Å². The van der Waals surface area contributed by atoms with Crippen molar-refractivity contribution in [3.05, 3.63) is 22.8 Å². The van der Waals surface area contributed by atoms with E-state index in [1.54, 1.807) is 13.8 Å². The molecule has 1 heterocycles. The van der Waals surface area contributed by atoms with Crippen LogP contribution in [-0.2, 0) is 4.79 Å². The van der Waals surface area contributed by atoms with Crippen molar-refractivity contribution in [2.24, 2.45) is 0 Å². The van der Waals surface area contributed by atoms with Crippen LogP contribution in [0, 0.1) is 13.8 Å². The van der Waals surface area contributed by atoms with Crippen molar-refractivity contribution in [3.63, 3.8) is 0 Å². The first-order valence-electron chi connectivity index (χ1n) is 4.69. The Morgan fingerprint density at radius 1 is 1.25 bits per heavy atom. The fraction of sp³-hybridized carbons (Fsp3) is 0.273. The lowest BCUT2D eigenvalue weighted by atomic mass is 9.98. The number of benzene rings is 1. The fourth-order valence-corrected chi connectivity index (χ4v) is 1.65. The van der Waals surface area contributed by atoms with E-state index >= 15 is 0 Å². The van der Waals surface area contributed by atoms with E-state index in [2.05, 4.69) is 0 Å². The Labute approximate surface area is 91.6 Å². The van der Waals surface area contributed by atoms with Crippen molar-refractivity contribution < 1.29 is 24.2 Å². The number of ether oxygens (including phenoxy) is 2. The van der Waals surface area contributed by atoms with Gasteiger partial charge < -0.3 is 14.6 Å². The van der Waals surface area contributed by atoms with E-state index in [-0.39, 0.29) is 12.4 Å². The average molecular weight is 222 g/mol. The second-order valence-corrected chi connectivity index (χ2v) is 3.54. The highest BCUT2D eigenvalue weighted by atomic mass is 16.7. The zero-order chi connectivity index (χ0) is 11.9. The maximum Gasteiger partial charge on any atom is 0.377 e. The monoisotopic (exact) mass is 222 g/mol. The molecule has 0 aromatic heterocycles. The second-order valence-electron chi connectivity index (χ2n) is 3.54. The van der Waals surface area contributed by atoms with Gasteiger partial charge in [-0.2, -0.15) is 0 Å². The molecule has 1 aromatic carbocycles. The van der Waals surface area contributed by atoms with Crippen molar-refractivity contribution in [1.82, 2.24) is 0 Å². The SMILES string of the molecule is Cc1c(C(=O)C(=O)O)cc2c(c1C)OCO2. The van der Waals surface area contributed by atoms with Gasteiger partial charge in [-0.15, -0.1) is 0 Å². The Balaban J connectivity index is 2.60. The number of rotatable bonds is 2. The topological polar surface area (TPSA) is 72.8 Å². The molecule has 0 spiro atoms. The molecule has 1 aliphatic heterocycles. The third kappa shape index (κ3) is 1.41. The summed E-state index contributed by atoms with van der Waals surface area (Å²) in [5.41, 5.74) is 1.49. The predicted molar refractivity (Wildman–Crippen MR) is 54.0 cm³/mol. The molecule has 5 heteroatoms. The van der Waals surface area contributed by atoms with Crippen LogP contribution < -0.4 is 9.47 Å². The lowest BCUT2D eigenvalue weighted by Gasteiger charge is -2.08. The standard InChI is InChI=1S/C11H10O5/c1-5-6(2)10-8(15-4-16-10)3-7(5)9(12)11(13)14/h3H,4H2,1-2H3,(H,13,14). The summed E-state index contributed by atoms with van der Waals surface area (Å²) < 4.78 is 10.4. The van der Waals surface area contributed by atoms with Crippen LogP contribution in [0.1, 0.15) is 21.5 Å². The highest BCUT2D eigenvalue weighted by Crippen LogP contribution is 2.38. The van der Waals surface area contributed by atoms with E-state index in [1.807, 2.05) is 0 Å². The zero-order valence-electron chi connectivity index (χ0n) is 8.86. The van der Waals surface area contributed by atoms with Gasteiger partial charge in [-0.25, -0.2) is 4.79 Å². The van der Waals surface area contributed by atoms with Crippen LogP contribution in [0.15, 0.2) is 6.07 Å². The summed E-state index contributed by atoms with van der Waals surface area (Å²) in [6.45, 7) is 3.55.